The minimum Gasteiger partial charge on any atom is -0.460 e. The molecule has 3 heteroatoms. The van der Waals surface area contributed by atoms with Gasteiger partial charge in [-0.25, -0.2) is 0 Å². The standard InChI is InChI=1S/C16H25NO2/c1-5-16(2,3)19-15(18)11-12-17(4)13-14-9-7-6-8-10-14/h6-10H,5,11-13H2,1-4H3. The van der Waals surface area contributed by atoms with Crippen LogP contribution in [0.1, 0.15) is 39.2 Å². The van der Waals surface area contributed by atoms with E-state index in [1.54, 1.807) is 0 Å². The van der Waals surface area contributed by atoms with Crippen LogP contribution in [0.25, 0.3) is 0 Å². The molecule has 1 aromatic carbocycles. The number of ether oxygens (including phenoxy) is 1. The van der Waals surface area contributed by atoms with Crippen molar-refractivity contribution in [2.24, 2.45) is 0 Å². The summed E-state index contributed by atoms with van der Waals surface area (Å²) in [4.78, 5) is 13.9. The topological polar surface area (TPSA) is 29.5 Å². The lowest BCUT2D eigenvalue weighted by Crippen LogP contribution is -2.29. The van der Waals surface area contributed by atoms with E-state index in [9.17, 15) is 4.79 Å². The zero-order valence-electron chi connectivity index (χ0n) is 12.5. The fourth-order valence-electron chi connectivity index (χ4n) is 1.69. The maximum absolute atomic E-state index is 11.7. The highest BCUT2D eigenvalue weighted by atomic mass is 16.6. The number of carbonyl (C=O) groups excluding carboxylic acids is 1. The summed E-state index contributed by atoms with van der Waals surface area (Å²) < 4.78 is 5.42. The monoisotopic (exact) mass is 263 g/mol. The molecule has 0 N–H and O–H groups in total. The van der Waals surface area contributed by atoms with Crippen molar-refractivity contribution in [1.29, 1.82) is 0 Å². The van der Waals surface area contributed by atoms with Crippen LogP contribution < -0.4 is 0 Å². The lowest BCUT2D eigenvalue weighted by molar-refractivity contribution is -0.157. The predicted molar refractivity (Wildman–Crippen MR) is 77.9 cm³/mol. The molecule has 0 bridgehead atoms. The molecular formula is C16H25NO2. The number of hydrogen-bond acceptors (Lipinski definition) is 3. The largest absolute Gasteiger partial charge is 0.460 e. The van der Waals surface area contributed by atoms with Crippen LogP contribution in [0.5, 0.6) is 0 Å². The first-order valence-corrected chi connectivity index (χ1v) is 6.87. The van der Waals surface area contributed by atoms with Gasteiger partial charge in [0, 0.05) is 13.1 Å². The quantitative estimate of drug-likeness (QED) is 0.707. The Labute approximate surface area is 116 Å². The summed E-state index contributed by atoms with van der Waals surface area (Å²) in [6.07, 6.45) is 1.27. The molecule has 0 amide bonds. The molecule has 0 aliphatic heterocycles. The van der Waals surface area contributed by atoms with Crippen LogP contribution in [0.2, 0.25) is 0 Å². The average molecular weight is 263 g/mol. The van der Waals surface area contributed by atoms with E-state index in [1.165, 1.54) is 5.56 Å². The molecule has 1 rings (SSSR count). The van der Waals surface area contributed by atoms with Crippen molar-refractivity contribution in [3.05, 3.63) is 35.9 Å². The molecule has 0 saturated heterocycles. The summed E-state index contributed by atoms with van der Waals surface area (Å²) in [5, 5.41) is 0. The Balaban J connectivity index is 2.30. The Morgan fingerprint density at radius 2 is 1.89 bits per heavy atom. The van der Waals surface area contributed by atoms with Crippen molar-refractivity contribution in [2.45, 2.75) is 45.8 Å². The van der Waals surface area contributed by atoms with Gasteiger partial charge in [-0.2, -0.15) is 0 Å². The van der Waals surface area contributed by atoms with Gasteiger partial charge in [0.2, 0.25) is 0 Å². The molecule has 0 saturated carbocycles. The summed E-state index contributed by atoms with van der Waals surface area (Å²) in [6, 6.07) is 10.3. The van der Waals surface area contributed by atoms with Crippen LogP contribution in [-0.4, -0.2) is 30.1 Å². The third-order valence-electron chi connectivity index (χ3n) is 3.23. The first kappa shape index (κ1) is 15.7. The Morgan fingerprint density at radius 3 is 2.47 bits per heavy atom. The fourth-order valence-corrected chi connectivity index (χ4v) is 1.69. The second-order valence-corrected chi connectivity index (χ2v) is 5.56. The van der Waals surface area contributed by atoms with E-state index in [0.29, 0.717) is 13.0 Å². The highest BCUT2D eigenvalue weighted by molar-refractivity contribution is 5.70. The number of hydrogen-bond donors (Lipinski definition) is 0. The number of benzene rings is 1. The molecule has 0 aliphatic rings. The highest BCUT2D eigenvalue weighted by Crippen LogP contribution is 2.14. The molecule has 0 atom stereocenters. The van der Waals surface area contributed by atoms with Crippen molar-refractivity contribution in [1.82, 2.24) is 4.90 Å². The molecule has 0 aliphatic carbocycles. The van der Waals surface area contributed by atoms with E-state index in [2.05, 4.69) is 17.0 Å². The highest BCUT2D eigenvalue weighted by Gasteiger charge is 2.20. The van der Waals surface area contributed by atoms with E-state index < -0.39 is 0 Å². The maximum Gasteiger partial charge on any atom is 0.307 e. The zero-order chi connectivity index (χ0) is 14.3. The van der Waals surface area contributed by atoms with Gasteiger partial charge in [-0.05, 0) is 32.9 Å². The van der Waals surface area contributed by atoms with Crippen LogP contribution >= 0.6 is 0 Å². The maximum atomic E-state index is 11.7. The zero-order valence-corrected chi connectivity index (χ0v) is 12.5. The van der Waals surface area contributed by atoms with E-state index in [0.717, 1.165) is 13.0 Å². The second-order valence-electron chi connectivity index (χ2n) is 5.56. The first-order chi connectivity index (χ1) is 8.93. The Hall–Kier alpha value is -1.35. The second kappa shape index (κ2) is 7.29. The van der Waals surface area contributed by atoms with Crippen LogP contribution in [0.3, 0.4) is 0 Å². The minimum absolute atomic E-state index is 0.119. The van der Waals surface area contributed by atoms with Crippen molar-refractivity contribution in [2.75, 3.05) is 13.6 Å². The molecular weight excluding hydrogens is 238 g/mol. The van der Waals surface area contributed by atoms with Gasteiger partial charge < -0.3 is 9.64 Å². The lowest BCUT2D eigenvalue weighted by atomic mass is 10.1. The van der Waals surface area contributed by atoms with Crippen molar-refractivity contribution in [3.8, 4) is 0 Å². The Kier molecular flexibility index (Phi) is 6.03. The summed E-state index contributed by atoms with van der Waals surface area (Å²) in [5.74, 6) is -0.119. The number of esters is 1. The first-order valence-electron chi connectivity index (χ1n) is 6.87. The average Bonchev–Trinajstić information content (AvgIpc) is 2.37. The minimum atomic E-state index is -0.352. The summed E-state index contributed by atoms with van der Waals surface area (Å²) in [7, 11) is 2.02. The molecule has 3 nitrogen and oxygen atoms in total. The molecule has 19 heavy (non-hydrogen) atoms. The Morgan fingerprint density at radius 1 is 1.26 bits per heavy atom. The van der Waals surface area contributed by atoms with Gasteiger partial charge in [-0.3, -0.25) is 4.79 Å². The van der Waals surface area contributed by atoms with Gasteiger partial charge >= 0.3 is 5.97 Å². The predicted octanol–water partition coefficient (Wildman–Crippen LogP) is 3.24. The SMILES string of the molecule is CCC(C)(C)OC(=O)CCN(C)Cc1ccccc1. The van der Waals surface area contributed by atoms with Crippen molar-refractivity contribution < 1.29 is 9.53 Å². The molecule has 1 aromatic rings. The molecule has 0 unspecified atom stereocenters. The normalized spacial score (nSPS) is 11.6. The van der Waals surface area contributed by atoms with Crippen LogP contribution in [0, 0.1) is 0 Å². The number of nitrogens with zero attached hydrogens (tertiary/aromatic N) is 1. The van der Waals surface area contributed by atoms with E-state index in [1.807, 2.05) is 46.0 Å². The number of carbonyl (C=O) groups is 1. The van der Waals surface area contributed by atoms with Gasteiger partial charge in [-0.1, -0.05) is 37.3 Å². The third-order valence-corrected chi connectivity index (χ3v) is 3.23. The van der Waals surface area contributed by atoms with Gasteiger partial charge in [0.15, 0.2) is 0 Å². The number of rotatable bonds is 7. The van der Waals surface area contributed by atoms with E-state index >= 15 is 0 Å². The van der Waals surface area contributed by atoms with Gasteiger partial charge in [-0.15, -0.1) is 0 Å². The molecule has 0 aromatic heterocycles. The van der Waals surface area contributed by atoms with Crippen LogP contribution in [0.4, 0.5) is 0 Å². The molecule has 106 valence electrons. The molecule has 0 radical (unpaired) electrons. The van der Waals surface area contributed by atoms with Gasteiger partial charge in [0.05, 0.1) is 6.42 Å². The third kappa shape index (κ3) is 6.39. The molecule has 0 fully saturated rings. The summed E-state index contributed by atoms with van der Waals surface area (Å²) in [6.45, 7) is 7.48. The molecule has 0 spiro atoms. The smallest absolute Gasteiger partial charge is 0.307 e. The van der Waals surface area contributed by atoms with Crippen LogP contribution in [-0.2, 0) is 16.1 Å². The van der Waals surface area contributed by atoms with E-state index in [-0.39, 0.29) is 11.6 Å². The summed E-state index contributed by atoms with van der Waals surface area (Å²) in [5.41, 5.74) is 0.905. The van der Waals surface area contributed by atoms with Crippen LogP contribution in [0.15, 0.2) is 30.3 Å². The Bertz CT molecular complexity index is 387. The lowest BCUT2D eigenvalue weighted by Gasteiger charge is -2.24. The summed E-state index contributed by atoms with van der Waals surface area (Å²) >= 11 is 0. The van der Waals surface area contributed by atoms with Gasteiger partial charge in [0.25, 0.3) is 0 Å². The van der Waals surface area contributed by atoms with Crippen molar-refractivity contribution in [3.63, 3.8) is 0 Å². The fraction of sp³-hybridized carbons (Fsp3) is 0.562. The van der Waals surface area contributed by atoms with Crippen molar-refractivity contribution >= 4 is 5.97 Å². The van der Waals surface area contributed by atoms with Gasteiger partial charge in [0.1, 0.15) is 5.60 Å². The van der Waals surface area contributed by atoms with E-state index in [4.69, 9.17) is 4.74 Å². The molecule has 0 heterocycles.